The van der Waals surface area contributed by atoms with Crippen molar-refractivity contribution in [3.63, 3.8) is 0 Å². The van der Waals surface area contributed by atoms with E-state index in [9.17, 15) is 4.79 Å². The fraction of sp³-hybridized carbons (Fsp3) is 0.167. The molecule has 0 radical (unpaired) electrons. The summed E-state index contributed by atoms with van der Waals surface area (Å²) < 4.78 is 10.4. The molecule has 2 N–H and O–H groups in total. The third-order valence-corrected chi connectivity index (χ3v) is 3.14. The smallest absolute Gasteiger partial charge is 0.310 e. The van der Waals surface area contributed by atoms with Crippen LogP contribution < -0.4 is 10.5 Å². The van der Waals surface area contributed by atoms with Gasteiger partial charge in [-0.05, 0) is 41.8 Å². The minimum Gasteiger partial charge on any atom is -0.489 e. The Labute approximate surface area is 130 Å². The summed E-state index contributed by atoms with van der Waals surface area (Å²) in [7, 11) is 0. The molecule has 2 aromatic rings. The number of rotatable bonds is 7. The van der Waals surface area contributed by atoms with Crippen LogP contribution in [-0.2, 0) is 22.6 Å². The van der Waals surface area contributed by atoms with E-state index in [1.54, 1.807) is 0 Å². The van der Waals surface area contributed by atoms with Crippen LogP contribution in [0.15, 0.2) is 61.4 Å². The average Bonchev–Trinajstić information content (AvgIpc) is 2.54. The van der Waals surface area contributed by atoms with Crippen LogP contribution in [0.4, 0.5) is 5.69 Å². The Morgan fingerprint density at radius 1 is 1.05 bits per heavy atom. The van der Waals surface area contributed by atoms with Gasteiger partial charge in [-0.25, -0.2) is 0 Å². The third kappa shape index (κ3) is 4.98. The quantitative estimate of drug-likeness (QED) is 0.483. The van der Waals surface area contributed by atoms with Crippen molar-refractivity contribution in [2.45, 2.75) is 19.4 Å². The molecule has 0 saturated carbocycles. The first kappa shape index (κ1) is 15.6. The molecule has 22 heavy (non-hydrogen) atoms. The van der Waals surface area contributed by atoms with Crippen LogP contribution in [0.25, 0.3) is 0 Å². The van der Waals surface area contributed by atoms with Gasteiger partial charge < -0.3 is 15.2 Å². The van der Waals surface area contributed by atoms with Crippen molar-refractivity contribution in [3.8, 4) is 5.75 Å². The zero-order chi connectivity index (χ0) is 15.8. The largest absolute Gasteiger partial charge is 0.489 e. The molecule has 0 aliphatic carbocycles. The lowest BCUT2D eigenvalue weighted by molar-refractivity contribution is -0.137. The van der Waals surface area contributed by atoms with Gasteiger partial charge in [0.15, 0.2) is 0 Å². The topological polar surface area (TPSA) is 61.5 Å². The third-order valence-electron chi connectivity index (χ3n) is 3.14. The summed E-state index contributed by atoms with van der Waals surface area (Å²) in [6.45, 7) is 3.84. The SMILES string of the molecule is C=COC(=O)CCc1ccc(OCc2ccc(N)cc2)cc1. The van der Waals surface area contributed by atoms with Gasteiger partial charge in [0, 0.05) is 12.1 Å². The highest BCUT2D eigenvalue weighted by Gasteiger charge is 2.03. The predicted molar refractivity (Wildman–Crippen MR) is 86.2 cm³/mol. The molecular formula is C18H19NO3. The molecule has 0 amide bonds. The highest BCUT2D eigenvalue weighted by molar-refractivity contribution is 5.70. The van der Waals surface area contributed by atoms with Crippen molar-refractivity contribution in [3.05, 3.63) is 72.5 Å². The fourth-order valence-electron chi connectivity index (χ4n) is 1.93. The second kappa shape index (κ2) is 7.88. The Bertz CT molecular complexity index is 618. The summed E-state index contributed by atoms with van der Waals surface area (Å²) in [5, 5.41) is 0. The Hall–Kier alpha value is -2.75. The van der Waals surface area contributed by atoms with Gasteiger partial charge in [0.05, 0.1) is 6.26 Å². The number of nitrogens with two attached hydrogens (primary N) is 1. The van der Waals surface area contributed by atoms with Crippen LogP contribution in [0.3, 0.4) is 0 Å². The van der Waals surface area contributed by atoms with Gasteiger partial charge >= 0.3 is 5.97 Å². The van der Waals surface area contributed by atoms with Crippen molar-refractivity contribution in [1.29, 1.82) is 0 Å². The maximum Gasteiger partial charge on any atom is 0.310 e. The molecule has 0 heterocycles. The van der Waals surface area contributed by atoms with Gasteiger partial charge in [0.1, 0.15) is 12.4 Å². The van der Waals surface area contributed by atoms with Gasteiger partial charge in [-0.2, -0.15) is 0 Å². The molecule has 114 valence electrons. The van der Waals surface area contributed by atoms with Crippen molar-refractivity contribution in [2.75, 3.05) is 5.73 Å². The monoisotopic (exact) mass is 297 g/mol. The molecule has 2 rings (SSSR count). The van der Waals surface area contributed by atoms with E-state index in [2.05, 4.69) is 11.3 Å². The molecule has 0 aliphatic rings. The molecule has 4 nitrogen and oxygen atoms in total. The van der Waals surface area contributed by atoms with Crippen LogP contribution >= 0.6 is 0 Å². The zero-order valence-electron chi connectivity index (χ0n) is 12.3. The lowest BCUT2D eigenvalue weighted by atomic mass is 10.1. The van der Waals surface area contributed by atoms with E-state index in [0.717, 1.165) is 28.8 Å². The fourth-order valence-corrected chi connectivity index (χ4v) is 1.93. The molecule has 0 aliphatic heterocycles. The van der Waals surface area contributed by atoms with Crippen molar-refractivity contribution < 1.29 is 14.3 Å². The van der Waals surface area contributed by atoms with E-state index in [1.807, 2.05) is 48.5 Å². The van der Waals surface area contributed by atoms with Crippen LogP contribution in [-0.4, -0.2) is 5.97 Å². The van der Waals surface area contributed by atoms with Crippen LogP contribution in [0, 0.1) is 0 Å². The summed E-state index contributed by atoms with van der Waals surface area (Å²) in [6.07, 6.45) is 2.11. The molecule has 0 bridgehead atoms. The summed E-state index contributed by atoms with van der Waals surface area (Å²) in [4.78, 5) is 11.2. The molecule has 0 unspecified atom stereocenters. The Morgan fingerprint density at radius 2 is 1.68 bits per heavy atom. The number of nitrogen functional groups attached to an aromatic ring is 1. The summed E-state index contributed by atoms with van der Waals surface area (Å²) in [5.41, 5.74) is 8.50. The minimum absolute atomic E-state index is 0.279. The van der Waals surface area contributed by atoms with E-state index < -0.39 is 0 Å². The Balaban J connectivity index is 1.82. The van der Waals surface area contributed by atoms with Gasteiger partial charge in [0.2, 0.25) is 0 Å². The standard InChI is InChI=1S/C18H19NO3/c1-2-21-18(20)12-7-14-5-10-17(11-6-14)22-13-15-3-8-16(19)9-4-15/h2-6,8-11H,1,7,12-13,19H2. The van der Waals surface area contributed by atoms with Crippen LogP contribution in [0.2, 0.25) is 0 Å². The van der Waals surface area contributed by atoms with Gasteiger partial charge in [-0.3, -0.25) is 4.79 Å². The highest BCUT2D eigenvalue weighted by atomic mass is 16.5. The Morgan fingerprint density at radius 3 is 2.32 bits per heavy atom. The molecule has 0 atom stereocenters. The lowest BCUT2D eigenvalue weighted by Gasteiger charge is -2.07. The molecule has 2 aromatic carbocycles. The highest BCUT2D eigenvalue weighted by Crippen LogP contribution is 2.16. The maximum atomic E-state index is 11.2. The van der Waals surface area contributed by atoms with Crippen molar-refractivity contribution in [1.82, 2.24) is 0 Å². The van der Waals surface area contributed by atoms with Crippen LogP contribution in [0.5, 0.6) is 5.75 Å². The minimum atomic E-state index is -0.279. The van der Waals surface area contributed by atoms with Crippen molar-refractivity contribution >= 4 is 11.7 Å². The molecule has 0 spiro atoms. The van der Waals surface area contributed by atoms with Crippen molar-refractivity contribution in [2.24, 2.45) is 0 Å². The summed E-state index contributed by atoms with van der Waals surface area (Å²) in [6, 6.07) is 15.3. The zero-order valence-corrected chi connectivity index (χ0v) is 12.3. The summed E-state index contributed by atoms with van der Waals surface area (Å²) in [5.74, 6) is 0.507. The first-order chi connectivity index (χ1) is 10.7. The van der Waals surface area contributed by atoms with E-state index in [4.69, 9.17) is 10.5 Å². The number of carbonyl (C=O) groups excluding carboxylic acids is 1. The van der Waals surface area contributed by atoms with E-state index in [-0.39, 0.29) is 5.97 Å². The van der Waals surface area contributed by atoms with E-state index in [1.165, 1.54) is 0 Å². The number of hydrogen-bond donors (Lipinski definition) is 1. The molecule has 0 aromatic heterocycles. The predicted octanol–water partition coefficient (Wildman–Crippen LogP) is 3.47. The number of carbonyl (C=O) groups is 1. The summed E-state index contributed by atoms with van der Waals surface area (Å²) >= 11 is 0. The number of ether oxygens (including phenoxy) is 2. The second-order valence-corrected chi connectivity index (χ2v) is 4.83. The van der Waals surface area contributed by atoms with Gasteiger partial charge in [0.25, 0.3) is 0 Å². The van der Waals surface area contributed by atoms with Gasteiger partial charge in [-0.15, -0.1) is 0 Å². The number of aryl methyl sites for hydroxylation is 1. The number of benzene rings is 2. The number of hydrogen-bond acceptors (Lipinski definition) is 4. The first-order valence-electron chi connectivity index (χ1n) is 7.04. The van der Waals surface area contributed by atoms with E-state index in [0.29, 0.717) is 19.4 Å². The molecular weight excluding hydrogens is 278 g/mol. The average molecular weight is 297 g/mol. The number of esters is 1. The normalized spacial score (nSPS) is 10.0. The second-order valence-electron chi connectivity index (χ2n) is 4.83. The maximum absolute atomic E-state index is 11.2. The Kier molecular flexibility index (Phi) is 5.60. The van der Waals surface area contributed by atoms with Gasteiger partial charge in [-0.1, -0.05) is 30.8 Å². The number of anilines is 1. The molecule has 0 saturated heterocycles. The first-order valence-corrected chi connectivity index (χ1v) is 7.04. The lowest BCUT2D eigenvalue weighted by Crippen LogP contribution is -2.01. The van der Waals surface area contributed by atoms with E-state index >= 15 is 0 Å². The molecule has 0 fully saturated rings. The van der Waals surface area contributed by atoms with Crippen LogP contribution in [0.1, 0.15) is 17.5 Å². The molecule has 4 heteroatoms.